The summed E-state index contributed by atoms with van der Waals surface area (Å²) < 4.78 is 11.9. The third-order valence-corrected chi connectivity index (χ3v) is 1.93. The first-order valence-corrected chi connectivity index (χ1v) is 3.85. The molecule has 3 heteroatoms. The van der Waals surface area contributed by atoms with E-state index in [1.807, 2.05) is 0 Å². The Kier molecular flexibility index (Phi) is 3.09. The van der Waals surface area contributed by atoms with Gasteiger partial charge in [-0.05, 0) is 19.5 Å². The van der Waals surface area contributed by atoms with E-state index in [2.05, 4.69) is 4.90 Å². The second-order valence-corrected chi connectivity index (χ2v) is 2.92. The van der Waals surface area contributed by atoms with Gasteiger partial charge in [0.15, 0.2) is 0 Å². The molecule has 0 unspecified atom stereocenters. The maximum atomic E-state index is 11.9. The molecule has 0 aromatic heterocycles. The van der Waals surface area contributed by atoms with Crippen molar-refractivity contribution in [1.82, 2.24) is 4.90 Å². The van der Waals surface area contributed by atoms with Gasteiger partial charge in [-0.1, -0.05) is 0 Å². The van der Waals surface area contributed by atoms with Crippen LogP contribution < -0.4 is 5.73 Å². The van der Waals surface area contributed by atoms with Gasteiger partial charge in [-0.25, -0.2) is 0 Å². The fourth-order valence-electron chi connectivity index (χ4n) is 1.27. The first-order chi connectivity index (χ1) is 4.86. The molecule has 0 saturated carbocycles. The molecule has 0 aromatic rings. The van der Waals surface area contributed by atoms with Gasteiger partial charge in [-0.3, -0.25) is 4.39 Å². The first-order valence-electron chi connectivity index (χ1n) is 3.85. The quantitative estimate of drug-likeness (QED) is 0.615. The zero-order valence-corrected chi connectivity index (χ0v) is 6.22. The molecule has 0 atom stereocenters. The highest BCUT2D eigenvalue weighted by Gasteiger charge is 2.25. The molecule has 0 aliphatic carbocycles. The Balaban J connectivity index is 1.93. The average molecular weight is 146 g/mol. The number of halogens is 1. The van der Waals surface area contributed by atoms with Crippen LogP contribution in [0, 0.1) is 5.92 Å². The van der Waals surface area contributed by atoms with Crippen LogP contribution in [0.3, 0.4) is 0 Å². The highest BCUT2D eigenvalue weighted by atomic mass is 19.1. The van der Waals surface area contributed by atoms with Crippen molar-refractivity contribution in [1.29, 1.82) is 0 Å². The van der Waals surface area contributed by atoms with Crippen molar-refractivity contribution in [3.05, 3.63) is 0 Å². The van der Waals surface area contributed by atoms with Crippen LogP contribution in [0.25, 0.3) is 0 Å². The third-order valence-electron chi connectivity index (χ3n) is 1.93. The van der Waals surface area contributed by atoms with Crippen LogP contribution in [0.15, 0.2) is 0 Å². The van der Waals surface area contributed by atoms with E-state index < -0.39 is 0 Å². The minimum atomic E-state index is -0.154. The van der Waals surface area contributed by atoms with E-state index in [4.69, 9.17) is 5.73 Å². The number of rotatable bonds is 4. The monoisotopic (exact) mass is 146 g/mol. The van der Waals surface area contributed by atoms with Gasteiger partial charge in [0.25, 0.3) is 0 Å². The number of nitrogens with two attached hydrogens (primary N) is 1. The summed E-state index contributed by atoms with van der Waals surface area (Å²) >= 11 is 0. The SMILES string of the molecule is NCCCN1CC(CF)C1. The van der Waals surface area contributed by atoms with Gasteiger partial charge in [0.05, 0.1) is 6.67 Å². The maximum Gasteiger partial charge on any atom is 0.0947 e. The van der Waals surface area contributed by atoms with Crippen molar-refractivity contribution in [2.24, 2.45) is 11.7 Å². The van der Waals surface area contributed by atoms with Gasteiger partial charge < -0.3 is 10.6 Å². The summed E-state index contributed by atoms with van der Waals surface area (Å²) in [4.78, 5) is 2.25. The van der Waals surface area contributed by atoms with Crippen LogP contribution in [0.5, 0.6) is 0 Å². The van der Waals surface area contributed by atoms with E-state index in [0.717, 1.165) is 32.6 Å². The molecular formula is C7H15FN2. The molecule has 60 valence electrons. The summed E-state index contributed by atoms with van der Waals surface area (Å²) in [5.74, 6) is 0.317. The molecule has 1 fully saturated rings. The van der Waals surface area contributed by atoms with Crippen LogP contribution in [0.2, 0.25) is 0 Å². The summed E-state index contributed by atoms with van der Waals surface area (Å²) in [6, 6.07) is 0. The number of hydrogen-bond acceptors (Lipinski definition) is 2. The molecule has 0 aromatic carbocycles. The van der Waals surface area contributed by atoms with Gasteiger partial charge in [-0.15, -0.1) is 0 Å². The summed E-state index contributed by atoms with van der Waals surface area (Å²) in [5.41, 5.74) is 5.32. The van der Waals surface area contributed by atoms with Crippen molar-refractivity contribution in [2.45, 2.75) is 6.42 Å². The molecular weight excluding hydrogens is 131 g/mol. The lowest BCUT2D eigenvalue weighted by atomic mass is 10.0. The molecule has 0 bridgehead atoms. The molecule has 1 rings (SSSR count). The minimum absolute atomic E-state index is 0.154. The predicted octanol–water partition coefficient (Wildman–Crippen LogP) is 0.237. The molecule has 2 nitrogen and oxygen atoms in total. The molecule has 0 amide bonds. The van der Waals surface area contributed by atoms with E-state index >= 15 is 0 Å². The van der Waals surface area contributed by atoms with Crippen LogP contribution in [-0.2, 0) is 0 Å². The van der Waals surface area contributed by atoms with E-state index in [0.29, 0.717) is 5.92 Å². The Bertz CT molecular complexity index is 88.9. The van der Waals surface area contributed by atoms with Gasteiger partial charge in [0.1, 0.15) is 0 Å². The molecule has 1 saturated heterocycles. The lowest BCUT2D eigenvalue weighted by Crippen LogP contribution is -2.48. The second kappa shape index (κ2) is 3.88. The average Bonchev–Trinajstić information content (AvgIpc) is 1.86. The first kappa shape index (κ1) is 7.95. The molecule has 1 aliphatic heterocycles. The van der Waals surface area contributed by atoms with E-state index in [1.54, 1.807) is 0 Å². The Labute approximate surface area is 61.2 Å². The Morgan fingerprint density at radius 3 is 2.70 bits per heavy atom. The highest BCUT2D eigenvalue weighted by Crippen LogP contribution is 2.15. The normalized spacial score (nSPS) is 21.0. The van der Waals surface area contributed by atoms with E-state index in [9.17, 15) is 4.39 Å². The zero-order valence-electron chi connectivity index (χ0n) is 6.22. The van der Waals surface area contributed by atoms with Gasteiger partial charge in [0, 0.05) is 19.0 Å². The molecule has 0 spiro atoms. The highest BCUT2D eigenvalue weighted by molar-refractivity contribution is 4.78. The summed E-state index contributed by atoms with van der Waals surface area (Å²) in [6.45, 7) is 3.52. The molecule has 0 radical (unpaired) electrons. The van der Waals surface area contributed by atoms with Crippen LogP contribution in [0.4, 0.5) is 4.39 Å². The Morgan fingerprint density at radius 1 is 1.50 bits per heavy atom. The maximum absolute atomic E-state index is 11.9. The van der Waals surface area contributed by atoms with Crippen LogP contribution in [-0.4, -0.2) is 37.8 Å². The summed E-state index contributed by atoms with van der Waals surface area (Å²) in [7, 11) is 0. The van der Waals surface area contributed by atoms with Crippen molar-refractivity contribution in [3.8, 4) is 0 Å². The molecule has 2 N–H and O–H groups in total. The zero-order chi connectivity index (χ0) is 7.40. The lowest BCUT2D eigenvalue weighted by Gasteiger charge is -2.37. The molecule has 10 heavy (non-hydrogen) atoms. The lowest BCUT2D eigenvalue weighted by molar-refractivity contribution is 0.0807. The minimum Gasteiger partial charge on any atom is -0.330 e. The standard InChI is InChI=1S/C7H15FN2/c8-4-7-5-10(6-7)3-1-2-9/h7H,1-6,9H2. The van der Waals surface area contributed by atoms with E-state index in [-0.39, 0.29) is 6.67 Å². The van der Waals surface area contributed by atoms with Crippen molar-refractivity contribution >= 4 is 0 Å². The number of alkyl halides is 1. The van der Waals surface area contributed by atoms with Crippen molar-refractivity contribution < 1.29 is 4.39 Å². The Hall–Kier alpha value is -0.150. The fraction of sp³-hybridized carbons (Fsp3) is 1.00. The van der Waals surface area contributed by atoms with Gasteiger partial charge in [-0.2, -0.15) is 0 Å². The third kappa shape index (κ3) is 1.92. The summed E-state index contributed by atoms with van der Waals surface area (Å²) in [6.07, 6.45) is 1.04. The van der Waals surface area contributed by atoms with Crippen molar-refractivity contribution in [2.75, 3.05) is 32.9 Å². The van der Waals surface area contributed by atoms with Crippen LogP contribution in [0.1, 0.15) is 6.42 Å². The fourth-order valence-corrected chi connectivity index (χ4v) is 1.27. The number of hydrogen-bond donors (Lipinski definition) is 1. The van der Waals surface area contributed by atoms with E-state index in [1.165, 1.54) is 0 Å². The van der Waals surface area contributed by atoms with Crippen molar-refractivity contribution in [3.63, 3.8) is 0 Å². The number of nitrogens with zero attached hydrogens (tertiary/aromatic N) is 1. The second-order valence-electron chi connectivity index (χ2n) is 2.92. The van der Waals surface area contributed by atoms with Gasteiger partial charge in [0.2, 0.25) is 0 Å². The largest absolute Gasteiger partial charge is 0.330 e. The van der Waals surface area contributed by atoms with Gasteiger partial charge >= 0.3 is 0 Å². The summed E-state index contributed by atoms with van der Waals surface area (Å²) in [5, 5.41) is 0. The Morgan fingerprint density at radius 2 is 2.20 bits per heavy atom. The topological polar surface area (TPSA) is 29.3 Å². The van der Waals surface area contributed by atoms with Crippen LogP contribution >= 0.6 is 0 Å². The smallest absolute Gasteiger partial charge is 0.0947 e. The molecule has 1 aliphatic rings. The number of likely N-dealkylation sites (tertiary alicyclic amines) is 1. The molecule has 1 heterocycles. The predicted molar refractivity (Wildman–Crippen MR) is 39.6 cm³/mol.